The molecule has 1 aromatic carbocycles. The summed E-state index contributed by atoms with van der Waals surface area (Å²) < 4.78 is 15.2. The highest BCUT2D eigenvalue weighted by Crippen LogP contribution is 2.36. The Bertz CT molecular complexity index is 612. The smallest absolute Gasteiger partial charge is 0.306 e. The van der Waals surface area contributed by atoms with Crippen molar-refractivity contribution >= 4 is 11.7 Å². The maximum absolute atomic E-state index is 12.4. The standard InChI is InChI=1S/C17H23NO6/c1-17(23-4)11-14(12-5-7-13(21-2)8-6-12)15(18(20)24-17)9-10-16(19)22-3/h5-8,14H,9-11H2,1-4H3/t14-,17-/m0/s1. The van der Waals surface area contributed by atoms with Crippen molar-refractivity contribution in [3.8, 4) is 5.75 Å². The average molecular weight is 337 g/mol. The Morgan fingerprint density at radius 2 is 2.00 bits per heavy atom. The van der Waals surface area contributed by atoms with Crippen LogP contribution in [0.3, 0.4) is 0 Å². The number of ether oxygens (including phenoxy) is 3. The Morgan fingerprint density at radius 1 is 1.33 bits per heavy atom. The third-order valence-corrected chi connectivity index (χ3v) is 4.25. The minimum atomic E-state index is -1.03. The molecular formula is C17H23NO6. The Hall–Kier alpha value is -2.28. The first-order valence-corrected chi connectivity index (χ1v) is 7.70. The molecule has 2 atom stereocenters. The molecule has 24 heavy (non-hydrogen) atoms. The number of carbonyl (C=O) groups is 1. The van der Waals surface area contributed by atoms with Crippen molar-refractivity contribution in [2.45, 2.75) is 37.9 Å². The summed E-state index contributed by atoms with van der Waals surface area (Å²) in [5.41, 5.74) is 1.41. The lowest BCUT2D eigenvalue weighted by Gasteiger charge is -2.37. The first kappa shape index (κ1) is 18.1. The topological polar surface area (TPSA) is 80.1 Å². The van der Waals surface area contributed by atoms with E-state index in [1.165, 1.54) is 14.2 Å². The van der Waals surface area contributed by atoms with Crippen molar-refractivity contribution in [2.75, 3.05) is 21.3 Å². The van der Waals surface area contributed by atoms with Gasteiger partial charge in [-0.15, -0.1) is 0 Å². The van der Waals surface area contributed by atoms with Gasteiger partial charge in [-0.3, -0.25) is 10.0 Å². The van der Waals surface area contributed by atoms with Crippen LogP contribution in [0.2, 0.25) is 0 Å². The summed E-state index contributed by atoms with van der Waals surface area (Å²) in [4.78, 5) is 17.3. The largest absolute Gasteiger partial charge is 0.497 e. The first-order chi connectivity index (χ1) is 11.4. The van der Waals surface area contributed by atoms with E-state index < -0.39 is 5.79 Å². The van der Waals surface area contributed by atoms with Gasteiger partial charge in [-0.25, -0.2) is 0 Å². The zero-order valence-electron chi connectivity index (χ0n) is 14.4. The molecule has 0 N–H and O–H groups in total. The van der Waals surface area contributed by atoms with Gasteiger partial charge in [-0.05, 0) is 24.6 Å². The summed E-state index contributed by atoms with van der Waals surface area (Å²) in [5, 5.41) is 12.4. The van der Waals surface area contributed by atoms with Crippen LogP contribution in [0.1, 0.15) is 37.7 Å². The van der Waals surface area contributed by atoms with Crippen LogP contribution in [-0.4, -0.2) is 43.7 Å². The second-order valence-electron chi connectivity index (χ2n) is 5.78. The van der Waals surface area contributed by atoms with Crippen molar-refractivity contribution in [1.29, 1.82) is 0 Å². The summed E-state index contributed by atoms with van der Waals surface area (Å²) in [5.74, 6) is -0.891. The van der Waals surface area contributed by atoms with Crippen molar-refractivity contribution in [2.24, 2.45) is 0 Å². The third-order valence-electron chi connectivity index (χ3n) is 4.25. The highest BCUT2D eigenvalue weighted by molar-refractivity contribution is 5.89. The molecule has 1 heterocycles. The number of hydrogen-bond acceptors (Lipinski definition) is 6. The lowest BCUT2D eigenvalue weighted by molar-refractivity contribution is -0.787. The van der Waals surface area contributed by atoms with Crippen LogP contribution >= 0.6 is 0 Å². The predicted octanol–water partition coefficient (Wildman–Crippen LogP) is 2.38. The van der Waals surface area contributed by atoms with Crippen molar-refractivity contribution < 1.29 is 28.7 Å². The summed E-state index contributed by atoms with van der Waals surface area (Å²) in [6.45, 7) is 1.71. The molecule has 0 radical (unpaired) electrons. The van der Waals surface area contributed by atoms with E-state index >= 15 is 0 Å². The number of methoxy groups -OCH3 is 3. The van der Waals surface area contributed by atoms with E-state index in [-0.39, 0.29) is 24.7 Å². The van der Waals surface area contributed by atoms with Crippen LogP contribution in [0.4, 0.5) is 0 Å². The third kappa shape index (κ3) is 3.97. The van der Waals surface area contributed by atoms with E-state index in [0.29, 0.717) is 17.0 Å². The SMILES string of the molecule is COC(=O)CCC1=[N+]([O-])O[C@](C)(OC)C[C@H]1c1ccc(OC)cc1. The number of rotatable bonds is 6. The molecule has 0 saturated heterocycles. The number of carbonyl (C=O) groups excluding carboxylic acids is 1. The molecule has 0 fully saturated rings. The normalized spacial score (nSPS) is 23.6. The lowest BCUT2D eigenvalue weighted by Crippen LogP contribution is -2.45. The first-order valence-electron chi connectivity index (χ1n) is 7.70. The molecule has 0 unspecified atom stereocenters. The molecule has 0 bridgehead atoms. The van der Waals surface area contributed by atoms with E-state index in [9.17, 15) is 10.0 Å². The van der Waals surface area contributed by atoms with Gasteiger partial charge < -0.3 is 19.0 Å². The maximum atomic E-state index is 12.4. The second kappa shape index (κ2) is 7.53. The van der Waals surface area contributed by atoms with E-state index in [0.717, 1.165) is 11.3 Å². The fourth-order valence-electron chi connectivity index (χ4n) is 2.75. The molecule has 0 spiro atoms. The van der Waals surface area contributed by atoms with Crippen LogP contribution in [0.25, 0.3) is 0 Å². The molecule has 7 nitrogen and oxygen atoms in total. The van der Waals surface area contributed by atoms with Gasteiger partial charge in [0.05, 0.1) is 26.6 Å². The van der Waals surface area contributed by atoms with Gasteiger partial charge in [-0.1, -0.05) is 12.1 Å². The summed E-state index contributed by atoms with van der Waals surface area (Å²) in [6, 6.07) is 7.47. The van der Waals surface area contributed by atoms with Crippen molar-refractivity contribution in [3.63, 3.8) is 0 Å². The Balaban J connectivity index is 2.33. The second-order valence-corrected chi connectivity index (χ2v) is 5.78. The lowest BCUT2D eigenvalue weighted by atomic mass is 9.85. The zero-order chi connectivity index (χ0) is 17.7. The Morgan fingerprint density at radius 3 is 2.54 bits per heavy atom. The average Bonchev–Trinajstić information content (AvgIpc) is 2.60. The quantitative estimate of drug-likeness (QED) is 0.586. The van der Waals surface area contributed by atoms with Crippen LogP contribution in [-0.2, 0) is 19.1 Å². The van der Waals surface area contributed by atoms with Gasteiger partial charge in [0.2, 0.25) is 5.71 Å². The number of hydrogen-bond donors (Lipinski definition) is 0. The Kier molecular flexibility index (Phi) is 5.66. The number of nitrogens with zero attached hydrogens (tertiary/aromatic N) is 1. The summed E-state index contributed by atoms with van der Waals surface area (Å²) in [7, 11) is 4.42. The fraction of sp³-hybridized carbons (Fsp3) is 0.529. The molecule has 1 aliphatic rings. The minimum absolute atomic E-state index is 0.115. The summed E-state index contributed by atoms with van der Waals surface area (Å²) >= 11 is 0. The highest BCUT2D eigenvalue weighted by Gasteiger charge is 2.41. The molecule has 1 aliphatic heterocycles. The van der Waals surface area contributed by atoms with Gasteiger partial charge in [0.25, 0.3) is 0 Å². The van der Waals surface area contributed by atoms with E-state index in [1.54, 1.807) is 14.0 Å². The minimum Gasteiger partial charge on any atom is -0.497 e. The summed E-state index contributed by atoms with van der Waals surface area (Å²) in [6.07, 6.45) is 0.835. The molecule has 0 aromatic heterocycles. The molecular weight excluding hydrogens is 314 g/mol. The van der Waals surface area contributed by atoms with E-state index in [4.69, 9.17) is 14.3 Å². The molecule has 132 valence electrons. The zero-order valence-corrected chi connectivity index (χ0v) is 14.4. The fourth-order valence-corrected chi connectivity index (χ4v) is 2.75. The highest BCUT2D eigenvalue weighted by atomic mass is 16.9. The monoisotopic (exact) mass is 337 g/mol. The molecule has 7 heteroatoms. The van der Waals surface area contributed by atoms with E-state index in [1.807, 2.05) is 24.3 Å². The van der Waals surface area contributed by atoms with Crippen molar-refractivity contribution in [3.05, 3.63) is 35.0 Å². The van der Waals surface area contributed by atoms with Crippen LogP contribution in [0.15, 0.2) is 24.3 Å². The molecule has 0 saturated carbocycles. The van der Waals surface area contributed by atoms with Gasteiger partial charge in [0, 0.05) is 24.9 Å². The Labute approximate surface area is 141 Å². The maximum Gasteiger partial charge on any atom is 0.306 e. The predicted molar refractivity (Wildman–Crippen MR) is 86.7 cm³/mol. The van der Waals surface area contributed by atoms with Crippen LogP contribution in [0, 0.1) is 5.21 Å². The van der Waals surface area contributed by atoms with Crippen LogP contribution in [0.5, 0.6) is 5.75 Å². The molecule has 2 rings (SSSR count). The van der Waals surface area contributed by atoms with Crippen molar-refractivity contribution in [1.82, 2.24) is 0 Å². The number of esters is 1. The number of benzene rings is 1. The van der Waals surface area contributed by atoms with Gasteiger partial charge in [0.15, 0.2) is 5.79 Å². The van der Waals surface area contributed by atoms with Gasteiger partial charge >= 0.3 is 5.97 Å². The molecule has 1 aromatic rings. The van der Waals surface area contributed by atoms with Crippen LogP contribution < -0.4 is 4.74 Å². The van der Waals surface area contributed by atoms with E-state index in [2.05, 4.69) is 4.74 Å². The van der Waals surface area contributed by atoms with Gasteiger partial charge in [0.1, 0.15) is 5.75 Å². The van der Waals surface area contributed by atoms with Gasteiger partial charge in [-0.2, -0.15) is 0 Å². The molecule has 0 amide bonds. The molecule has 0 aliphatic carbocycles.